The molecule has 0 spiro atoms. The second-order valence-electron chi connectivity index (χ2n) is 9.61. The highest BCUT2D eigenvalue weighted by atomic mass is 16.5. The molecule has 0 radical (unpaired) electrons. The lowest BCUT2D eigenvalue weighted by molar-refractivity contribution is -0.139. The molecule has 206 valence electrons. The van der Waals surface area contributed by atoms with Gasteiger partial charge in [0, 0.05) is 31.5 Å². The van der Waals surface area contributed by atoms with Crippen LogP contribution in [0.15, 0.2) is 60.9 Å². The summed E-state index contributed by atoms with van der Waals surface area (Å²) < 4.78 is 7.07. The molecular weight excluding hydrogens is 498 g/mol. The van der Waals surface area contributed by atoms with Crippen molar-refractivity contribution in [1.29, 1.82) is 0 Å². The molecule has 0 aliphatic carbocycles. The molecule has 0 bridgehead atoms. The number of carboxylic acids is 1. The Morgan fingerprint density at radius 2 is 2.15 bits per heavy atom. The average Bonchev–Trinajstić information content (AvgIpc) is 3.36. The van der Waals surface area contributed by atoms with Gasteiger partial charge >= 0.3 is 12.1 Å². The number of fused-ring (bicyclic) bond motifs is 2. The van der Waals surface area contributed by atoms with Crippen LogP contribution in [0.3, 0.4) is 0 Å². The van der Waals surface area contributed by atoms with Crippen LogP contribution in [0, 0.1) is 0 Å². The standard InChI is InChI=1S/C29H35N5O5/c1-3-6-20(7-4-2)19-39-29(38)32-24(28(36)37)18-34-15-14-33-17-21(16-25(33)27(34)35)9-11-23-12-10-22-8-5-13-30-26(22)31-23/h3-4,6-7,10,12,16-17,24H,1,5,8-9,11,13-15,18-19H2,2H3,(H,30,31)(H,32,38)(H,36,37)/b7-4-,20-6+. The third-order valence-corrected chi connectivity index (χ3v) is 6.77. The van der Waals surface area contributed by atoms with Crippen molar-refractivity contribution in [2.45, 2.75) is 45.2 Å². The quantitative estimate of drug-likeness (QED) is 0.378. The van der Waals surface area contributed by atoms with E-state index in [0.717, 1.165) is 49.3 Å². The van der Waals surface area contributed by atoms with E-state index in [0.29, 0.717) is 24.4 Å². The van der Waals surface area contributed by atoms with E-state index in [9.17, 15) is 19.5 Å². The summed E-state index contributed by atoms with van der Waals surface area (Å²) in [6.07, 6.45) is 11.6. The predicted octanol–water partition coefficient (Wildman–Crippen LogP) is 3.35. The Hall–Kier alpha value is -4.34. The van der Waals surface area contributed by atoms with E-state index < -0.39 is 18.1 Å². The minimum atomic E-state index is -1.31. The summed E-state index contributed by atoms with van der Waals surface area (Å²) in [5, 5.41) is 15.4. The molecule has 0 saturated heterocycles. The number of rotatable bonds is 11. The number of hydrogen-bond donors (Lipinski definition) is 3. The summed E-state index contributed by atoms with van der Waals surface area (Å²) in [4.78, 5) is 43.5. The topological polar surface area (TPSA) is 126 Å². The Morgan fingerprint density at radius 1 is 1.31 bits per heavy atom. The van der Waals surface area contributed by atoms with Crippen LogP contribution in [0.25, 0.3) is 0 Å². The first-order valence-corrected chi connectivity index (χ1v) is 13.2. The molecule has 1 unspecified atom stereocenters. The van der Waals surface area contributed by atoms with Gasteiger partial charge in [0.2, 0.25) is 0 Å². The van der Waals surface area contributed by atoms with Crippen molar-refractivity contribution in [2.24, 2.45) is 0 Å². The number of pyridine rings is 1. The van der Waals surface area contributed by atoms with Gasteiger partial charge in [0.15, 0.2) is 0 Å². The molecular formula is C29H35N5O5. The van der Waals surface area contributed by atoms with Gasteiger partial charge in [0.25, 0.3) is 5.91 Å². The molecule has 3 N–H and O–H groups in total. The van der Waals surface area contributed by atoms with Crippen molar-refractivity contribution in [3.05, 3.63) is 83.4 Å². The maximum Gasteiger partial charge on any atom is 0.408 e. The first-order chi connectivity index (χ1) is 18.9. The molecule has 2 aliphatic heterocycles. The normalized spacial score (nSPS) is 15.8. The Morgan fingerprint density at radius 3 is 2.92 bits per heavy atom. The van der Waals surface area contributed by atoms with E-state index in [4.69, 9.17) is 9.72 Å². The Kier molecular flexibility index (Phi) is 9.19. The maximum absolute atomic E-state index is 13.2. The SMILES string of the molecule is C=C/C=C(\C=C/C)COC(=O)NC(CN1CCn2cc(CCc3ccc4c(n3)NCCC4)cc2C1=O)C(=O)O. The van der Waals surface area contributed by atoms with E-state index in [-0.39, 0.29) is 19.1 Å². The van der Waals surface area contributed by atoms with E-state index in [2.05, 4.69) is 29.3 Å². The summed E-state index contributed by atoms with van der Waals surface area (Å²) in [6, 6.07) is 4.75. The minimum Gasteiger partial charge on any atom is -0.480 e. The number of nitrogens with zero attached hydrogens (tertiary/aromatic N) is 3. The molecule has 0 fully saturated rings. The lowest BCUT2D eigenvalue weighted by atomic mass is 10.1. The van der Waals surface area contributed by atoms with Crippen LogP contribution in [-0.4, -0.2) is 69.8 Å². The molecule has 2 aliphatic rings. The highest BCUT2D eigenvalue weighted by Crippen LogP contribution is 2.22. The number of aliphatic carboxylic acids is 1. The molecule has 1 atom stereocenters. The number of aryl methyl sites for hydroxylation is 3. The van der Waals surface area contributed by atoms with Crippen LogP contribution in [0.5, 0.6) is 0 Å². The fourth-order valence-electron chi connectivity index (χ4n) is 4.77. The number of aromatic nitrogens is 2. The molecule has 4 heterocycles. The number of anilines is 1. The summed E-state index contributed by atoms with van der Waals surface area (Å²) in [5.74, 6) is -0.546. The highest BCUT2D eigenvalue weighted by molar-refractivity contribution is 5.94. The van der Waals surface area contributed by atoms with Crippen LogP contribution >= 0.6 is 0 Å². The van der Waals surface area contributed by atoms with Crippen LogP contribution in [0.4, 0.5) is 10.6 Å². The van der Waals surface area contributed by atoms with Gasteiger partial charge in [-0.1, -0.05) is 36.9 Å². The second kappa shape index (κ2) is 12.9. The second-order valence-corrected chi connectivity index (χ2v) is 9.61. The molecule has 39 heavy (non-hydrogen) atoms. The van der Waals surface area contributed by atoms with Crippen molar-refractivity contribution >= 4 is 23.8 Å². The zero-order valence-electron chi connectivity index (χ0n) is 22.2. The van der Waals surface area contributed by atoms with Crippen LogP contribution < -0.4 is 10.6 Å². The van der Waals surface area contributed by atoms with Gasteiger partial charge in [-0.15, -0.1) is 0 Å². The number of ether oxygens (including phenoxy) is 1. The zero-order chi connectivity index (χ0) is 27.8. The van der Waals surface area contributed by atoms with E-state index in [1.165, 1.54) is 10.5 Å². The monoisotopic (exact) mass is 533 g/mol. The molecule has 10 nitrogen and oxygen atoms in total. The lowest BCUT2D eigenvalue weighted by Gasteiger charge is -2.30. The number of allylic oxidation sites excluding steroid dienone is 3. The number of hydrogen-bond acceptors (Lipinski definition) is 6. The number of carboxylic acid groups (broad SMARTS) is 1. The number of carbonyl (C=O) groups is 3. The van der Waals surface area contributed by atoms with Crippen LogP contribution in [0.1, 0.15) is 40.7 Å². The van der Waals surface area contributed by atoms with E-state index in [1.807, 2.05) is 23.8 Å². The molecule has 4 rings (SSSR count). The number of carbonyl (C=O) groups excluding carboxylic acids is 2. The van der Waals surface area contributed by atoms with Gasteiger partial charge in [-0.05, 0) is 61.4 Å². The van der Waals surface area contributed by atoms with Gasteiger partial charge in [0.05, 0.1) is 6.54 Å². The third-order valence-electron chi connectivity index (χ3n) is 6.77. The summed E-state index contributed by atoms with van der Waals surface area (Å²) in [5.41, 5.74) is 4.49. The van der Waals surface area contributed by atoms with Crippen molar-refractivity contribution in [3.8, 4) is 0 Å². The largest absolute Gasteiger partial charge is 0.480 e. The number of alkyl carbamates (subject to hydrolysis) is 1. The smallest absolute Gasteiger partial charge is 0.408 e. The van der Waals surface area contributed by atoms with Crippen molar-refractivity contribution in [1.82, 2.24) is 19.8 Å². The maximum atomic E-state index is 13.2. The first-order valence-electron chi connectivity index (χ1n) is 13.2. The molecule has 2 aromatic rings. The van der Waals surface area contributed by atoms with Gasteiger partial charge in [-0.25, -0.2) is 14.6 Å². The Labute approximate surface area is 228 Å². The Bertz CT molecular complexity index is 1290. The van der Waals surface area contributed by atoms with Crippen molar-refractivity contribution in [2.75, 3.05) is 31.6 Å². The third kappa shape index (κ3) is 7.16. The predicted molar refractivity (Wildman–Crippen MR) is 148 cm³/mol. The molecule has 0 saturated carbocycles. The van der Waals surface area contributed by atoms with Crippen LogP contribution in [-0.2, 0) is 35.3 Å². The molecule has 2 amide bonds. The Balaban J connectivity index is 1.34. The average molecular weight is 534 g/mol. The number of nitrogens with one attached hydrogen (secondary N) is 2. The molecule has 2 aromatic heterocycles. The van der Waals surface area contributed by atoms with E-state index in [1.54, 1.807) is 24.3 Å². The minimum absolute atomic E-state index is 0.0367. The molecule has 0 aromatic carbocycles. The first kappa shape index (κ1) is 27.7. The van der Waals surface area contributed by atoms with Crippen molar-refractivity contribution < 1.29 is 24.2 Å². The summed E-state index contributed by atoms with van der Waals surface area (Å²) in [7, 11) is 0. The zero-order valence-corrected chi connectivity index (χ0v) is 22.2. The van der Waals surface area contributed by atoms with Gasteiger partial charge in [-0.3, -0.25) is 4.79 Å². The lowest BCUT2D eigenvalue weighted by Crippen LogP contribution is -2.52. The highest BCUT2D eigenvalue weighted by Gasteiger charge is 2.31. The fraction of sp³-hybridized carbons (Fsp3) is 0.379. The number of amides is 2. The fourth-order valence-corrected chi connectivity index (χ4v) is 4.77. The van der Waals surface area contributed by atoms with E-state index >= 15 is 0 Å². The summed E-state index contributed by atoms with van der Waals surface area (Å²) in [6.45, 7) is 7.07. The van der Waals surface area contributed by atoms with Gasteiger partial charge in [-0.2, -0.15) is 0 Å². The summed E-state index contributed by atoms with van der Waals surface area (Å²) >= 11 is 0. The van der Waals surface area contributed by atoms with Crippen LogP contribution in [0.2, 0.25) is 0 Å². The van der Waals surface area contributed by atoms with Gasteiger partial charge < -0.3 is 29.9 Å². The van der Waals surface area contributed by atoms with Crippen molar-refractivity contribution in [3.63, 3.8) is 0 Å². The van der Waals surface area contributed by atoms with Gasteiger partial charge in [0.1, 0.15) is 24.2 Å². The molecule has 10 heteroatoms.